The molecule has 2 rings (SSSR count). The fourth-order valence-electron chi connectivity index (χ4n) is 2.86. The van der Waals surface area contributed by atoms with Crippen LogP contribution in [0.5, 0.6) is 0 Å². The highest BCUT2D eigenvalue weighted by molar-refractivity contribution is 5.11. The summed E-state index contributed by atoms with van der Waals surface area (Å²) in [7, 11) is 1.97. The van der Waals surface area contributed by atoms with Gasteiger partial charge in [0.15, 0.2) is 0 Å². The summed E-state index contributed by atoms with van der Waals surface area (Å²) < 4.78 is 1.91. The van der Waals surface area contributed by atoms with Crippen LogP contribution in [0.2, 0.25) is 0 Å². The second kappa shape index (κ2) is 5.19. The number of likely N-dealkylation sites (tertiary alicyclic amines) is 1. The first kappa shape index (κ1) is 12.6. The smallest absolute Gasteiger partial charge is 0.0643 e. The Balaban J connectivity index is 2.04. The molecule has 4 nitrogen and oxygen atoms in total. The average Bonchev–Trinajstić information content (AvgIpc) is 2.85. The van der Waals surface area contributed by atoms with E-state index in [0.717, 1.165) is 12.1 Å². The molecule has 0 amide bonds. The van der Waals surface area contributed by atoms with Gasteiger partial charge < -0.3 is 5.73 Å². The van der Waals surface area contributed by atoms with Crippen molar-refractivity contribution in [3.63, 3.8) is 0 Å². The van der Waals surface area contributed by atoms with E-state index in [4.69, 9.17) is 5.73 Å². The first-order chi connectivity index (χ1) is 8.11. The van der Waals surface area contributed by atoms with Crippen molar-refractivity contribution in [3.8, 4) is 0 Å². The molecule has 4 heteroatoms. The Labute approximate surface area is 104 Å². The average molecular weight is 236 g/mol. The molecular formula is C13H24N4. The van der Waals surface area contributed by atoms with Crippen molar-refractivity contribution in [2.75, 3.05) is 6.54 Å². The van der Waals surface area contributed by atoms with Gasteiger partial charge in [0.1, 0.15) is 0 Å². The van der Waals surface area contributed by atoms with Crippen LogP contribution in [-0.2, 0) is 20.0 Å². The van der Waals surface area contributed by atoms with E-state index >= 15 is 0 Å². The summed E-state index contributed by atoms with van der Waals surface area (Å²) >= 11 is 0. The minimum atomic E-state index is 0.571. The highest BCUT2D eigenvalue weighted by Crippen LogP contribution is 2.23. The van der Waals surface area contributed by atoms with Gasteiger partial charge in [0, 0.05) is 32.1 Å². The van der Waals surface area contributed by atoms with Crippen molar-refractivity contribution in [2.24, 2.45) is 12.8 Å². The Morgan fingerprint density at radius 3 is 2.88 bits per heavy atom. The number of nitrogens with two attached hydrogens (primary N) is 1. The Hall–Kier alpha value is -0.870. The molecule has 2 N–H and O–H groups in total. The van der Waals surface area contributed by atoms with E-state index < -0.39 is 0 Å². The van der Waals surface area contributed by atoms with Crippen LogP contribution < -0.4 is 5.73 Å². The minimum absolute atomic E-state index is 0.571. The minimum Gasteiger partial charge on any atom is -0.325 e. The summed E-state index contributed by atoms with van der Waals surface area (Å²) in [6, 6.07) is 3.45. The maximum Gasteiger partial charge on any atom is 0.0643 e. The van der Waals surface area contributed by atoms with E-state index in [0.29, 0.717) is 18.6 Å². The van der Waals surface area contributed by atoms with Crippen LogP contribution >= 0.6 is 0 Å². The molecule has 0 saturated carbocycles. The van der Waals surface area contributed by atoms with E-state index in [2.05, 4.69) is 29.9 Å². The normalized spacial score (nSPS) is 21.6. The van der Waals surface area contributed by atoms with Gasteiger partial charge in [-0.15, -0.1) is 0 Å². The van der Waals surface area contributed by atoms with Gasteiger partial charge in [-0.1, -0.05) is 0 Å². The molecule has 17 heavy (non-hydrogen) atoms. The maximum atomic E-state index is 5.68. The van der Waals surface area contributed by atoms with Gasteiger partial charge in [-0.25, -0.2) is 0 Å². The van der Waals surface area contributed by atoms with Gasteiger partial charge in [-0.2, -0.15) is 5.10 Å². The van der Waals surface area contributed by atoms with E-state index in [1.54, 1.807) is 0 Å². The Morgan fingerprint density at radius 1 is 1.53 bits per heavy atom. The van der Waals surface area contributed by atoms with Crippen LogP contribution in [0.25, 0.3) is 0 Å². The molecule has 1 aromatic heterocycles. The Bertz CT molecular complexity index is 369. The lowest BCUT2D eigenvalue weighted by Gasteiger charge is -2.27. The molecule has 1 saturated heterocycles. The molecule has 0 aromatic carbocycles. The summed E-state index contributed by atoms with van der Waals surface area (Å²) in [6.45, 7) is 6.37. The zero-order valence-corrected chi connectivity index (χ0v) is 11.2. The predicted octanol–water partition coefficient (Wildman–Crippen LogP) is 1.29. The lowest BCUT2D eigenvalue weighted by molar-refractivity contribution is 0.202. The monoisotopic (exact) mass is 236 g/mol. The van der Waals surface area contributed by atoms with Crippen LogP contribution in [0.3, 0.4) is 0 Å². The molecule has 0 spiro atoms. The number of aryl methyl sites for hydroxylation is 1. The highest BCUT2D eigenvalue weighted by atomic mass is 15.3. The Kier molecular flexibility index (Phi) is 3.84. The van der Waals surface area contributed by atoms with Gasteiger partial charge in [0.2, 0.25) is 0 Å². The lowest BCUT2D eigenvalue weighted by atomic mass is 10.1. The zero-order chi connectivity index (χ0) is 12.4. The van der Waals surface area contributed by atoms with Crippen molar-refractivity contribution in [1.82, 2.24) is 14.7 Å². The summed E-state index contributed by atoms with van der Waals surface area (Å²) in [6.07, 6.45) is 3.68. The van der Waals surface area contributed by atoms with Crippen molar-refractivity contribution < 1.29 is 0 Å². The van der Waals surface area contributed by atoms with Crippen LogP contribution in [0, 0.1) is 0 Å². The molecular weight excluding hydrogens is 212 g/mol. The number of rotatable bonds is 4. The second-order valence-electron chi connectivity index (χ2n) is 5.29. The first-order valence-corrected chi connectivity index (χ1v) is 6.59. The van der Waals surface area contributed by atoms with Gasteiger partial charge in [-0.05, 0) is 39.3 Å². The van der Waals surface area contributed by atoms with Crippen molar-refractivity contribution in [3.05, 3.63) is 17.5 Å². The SMILES string of the molecule is CC(C)N1CCCC1Cc1cc(CN)n(C)n1. The van der Waals surface area contributed by atoms with Crippen molar-refractivity contribution in [2.45, 2.75) is 51.7 Å². The summed E-state index contributed by atoms with van der Waals surface area (Å²) in [5.41, 5.74) is 7.98. The maximum absolute atomic E-state index is 5.68. The third-order valence-electron chi connectivity index (χ3n) is 3.77. The van der Waals surface area contributed by atoms with Crippen LogP contribution in [0.4, 0.5) is 0 Å². The second-order valence-corrected chi connectivity index (χ2v) is 5.29. The standard InChI is InChI=1S/C13H24N4/c1-10(2)17-6-4-5-12(17)7-11-8-13(9-14)16(3)15-11/h8,10,12H,4-7,9,14H2,1-3H3. The number of aromatic nitrogens is 2. The number of hydrogen-bond acceptors (Lipinski definition) is 3. The molecule has 0 bridgehead atoms. The number of hydrogen-bond donors (Lipinski definition) is 1. The molecule has 1 atom stereocenters. The topological polar surface area (TPSA) is 47.1 Å². The molecule has 2 heterocycles. The summed E-state index contributed by atoms with van der Waals surface area (Å²) in [5.74, 6) is 0. The molecule has 0 radical (unpaired) electrons. The molecule has 1 unspecified atom stereocenters. The van der Waals surface area contributed by atoms with Gasteiger partial charge >= 0.3 is 0 Å². The van der Waals surface area contributed by atoms with E-state index in [9.17, 15) is 0 Å². The highest BCUT2D eigenvalue weighted by Gasteiger charge is 2.27. The number of nitrogens with zero attached hydrogens (tertiary/aromatic N) is 3. The summed E-state index contributed by atoms with van der Waals surface area (Å²) in [4.78, 5) is 2.59. The van der Waals surface area contributed by atoms with Crippen LogP contribution in [-0.4, -0.2) is 33.3 Å². The lowest BCUT2D eigenvalue weighted by Crippen LogP contribution is -2.36. The van der Waals surface area contributed by atoms with Gasteiger partial charge in [-0.3, -0.25) is 9.58 Å². The van der Waals surface area contributed by atoms with E-state index in [1.807, 2.05) is 11.7 Å². The fraction of sp³-hybridized carbons (Fsp3) is 0.769. The zero-order valence-electron chi connectivity index (χ0n) is 11.2. The van der Waals surface area contributed by atoms with Gasteiger partial charge in [0.25, 0.3) is 0 Å². The van der Waals surface area contributed by atoms with E-state index in [-0.39, 0.29) is 0 Å². The third-order valence-corrected chi connectivity index (χ3v) is 3.77. The molecule has 1 aliphatic heterocycles. The molecule has 96 valence electrons. The van der Waals surface area contributed by atoms with Crippen molar-refractivity contribution in [1.29, 1.82) is 0 Å². The molecule has 1 fully saturated rings. The van der Waals surface area contributed by atoms with Crippen molar-refractivity contribution >= 4 is 0 Å². The molecule has 1 aromatic rings. The first-order valence-electron chi connectivity index (χ1n) is 6.59. The summed E-state index contributed by atoms with van der Waals surface area (Å²) in [5, 5.41) is 4.55. The van der Waals surface area contributed by atoms with E-state index in [1.165, 1.54) is 25.1 Å². The van der Waals surface area contributed by atoms with Gasteiger partial charge in [0.05, 0.1) is 11.4 Å². The predicted molar refractivity (Wildman–Crippen MR) is 69.7 cm³/mol. The van der Waals surface area contributed by atoms with Crippen LogP contribution in [0.1, 0.15) is 38.1 Å². The Morgan fingerprint density at radius 2 is 2.29 bits per heavy atom. The molecule has 0 aliphatic carbocycles. The fourth-order valence-corrected chi connectivity index (χ4v) is 2.86. The quantitative estimate of drug-likeness (QED) is 0.857. The molecule has 1 aliphatic rings. The largest absolute Gasteiger partial charge is 0.325 e. The van der Waals surface area contributed by atoms with Crippen LogP contribution in [0.15, 0.2) is 6.07 Å². The third kappa shape index (κ3) is 2.69.